The van der Waals surface area contributed by atoms with Crippen LogP contribution in [0.2, 0.25) is 10.0 Å². The normalized spacial score (nSPS) is 11.3. The monoisotopic (exact) mass is 730 g/mol. The minimum absolute atomic E-state index is 0.00283. The van der Waals surface area contributed by atoms with Crippen LogP contribution in [0.5, 0.6) is 5.75 Å². The fraction of sp³-hybridized carbons (Fsp3) is 0.417. The number of nitrogens with one attached hydrogen (secondary N) is 1. The minimum atomic E-state index is -0.497. The molecular formula is C36H44Cl2N4O6S. The van der Waals surface area contributed by atoms with E-state index >= 15 is 0 Å². The second-order valence-electron chi connectivity index (χ2n) is 11.5. The summed E-state index contributed by atoms with van der Waals surface area (Å²) in [7, 11) is 0. The summed E-state index contributed by atoms with van der Waals surface area (Å²) in [6.45, 7) is 8.77. The summed E-state index contributed by atoms with van der Waals surface area (Å²) in [4.78, 5) is 47.1. The van der Waals surface area contributed by atoms with Crippen molar-refractivity contribution in [2.24, 2.45) is 0 Å². The number of ether oxygens (including phenoxy) is 2. The van der Waals surface area contributed by atoms with Gasteiger partial charge in [0.1, 0.15) is 17.9 Å². The zero-order chi connectivity index (χ0) is 35.2. The van der Waals surface area contributed by atoms with Crippen molar-refractivity contribution in [1.82, 2.24) is 19.7 Å². The molecule has 0 radical (unpaired) electrons. The molecule has 0 aliphatic heterocycles. The number of phenolic OH excluding ortho intramolecular Hbond substituents is 1. The van der Waals surface area contributed by atoms with Gasteiger partial charge in [-0.05, 0) is 60.8 Å². The number of fused-ring (bicyclic) bond motifs is 1. The van der Waals surface area contributed by atoms with E-state index in [0.717, 1.165) is 41.1 Å². The lowest BCUT2D eigenvalue weighted by atomic mass is 10.1. The Morgan fingerprint density at radius 2 is 1.57 bits per heavy atom. The molecule has 0 aliphatic carbocycles. The standard InChI is InChI=1S/C36H44Cl2N4O6S/c1-3-40(4-2)18-19-41(32(44)16-23-47-22-15-26-10-12-29(37)30(38)24-26)20-21-42(36(46)48-25-27-8-6-5-7-9-27)17-14-28-11-13-31(43)33-34(28)49-35(45)39-33/h5-13,24,43H,3-4,14-23,25H2,1-2H3,(H,39,45). The summed E-state index contributed by atoms with van der Waals surface area (Å²) >= 11 is 13.2. The number of hydrogen-bond acceptors (Lipinski definition) is 8. The molecule has 0 atom stereocenters. The number of aromatic hydroxyl groups is 1. The summed E-state index contributed by atoms with van der Waals surface area (Å²) < 4.78 is 12.2. The maximum Gasteiger partial charge on any atom is 0.410 e. The fourth-order valence-corrected chi connectivity index (χ4v) is 6.56. The number of nitrogens with zero attached hydrogens (tertiary/aromatic N) is 3. The van der Waals surface area contributed by atoms with Crippen LogP contribution in [0, 0.1) is 0 Å². The number of carbonyl (C=O) groups is 2. The highest BCUT2D eigenvalue weighted by Gasteiger charge is 2.21. The van der Waals surface area contributed by atoms with Crippen molar-refractivity contribution in [3.8, 4) is 5.75 Å². The van der Waals surface area contributed by atoms with E-state index in [1.54, 1.807) is 28.0 Å². The second kappa shape index (κ2) is 19.5. The van der Waals surface area contributed by atoms with Crippen LogP contribution in [-0.2, 0) is 33.7 Å². The first kappa shape index (κ1) is 38.2. The van der Waals surface area contributed by atoms with Gasteiger partial charge in [0.2, 0.25) is 5.91 Å². The predicted octanol–water partition coefficient (Wildman–Crippen LogP) is 6.60. The minimum Gasteiger partial charge on any atom is -0.506 e. The summed E-state index contributed by atoms with van der Waals surface area (Å²) in [5.41, 5.74) is 3.07. The molecule has 0 saturated heterocycles. The van der Waals surface area contributed by atoms with Crippen LogP contribution in [0.15, 0.2) is 65.5 Å². The van der Waals surface area contributed by atoms with E-state index in [1.165, 1.54) is 0 Å². The Kier molecular flexibility index (Phi) is 15.2. The average Bonchev–Trinajstić information content (AvgIpc) is 3.51. The van der Waals surface area contributed by atoms with Gasteiger partial charge in [0.05, 0.1) is 34.4 Å². The van der Waals surface area contributed by atoms with Crippen molar-refractivity contribution >= 4 is 56.8 Å². The molecule has 2 amide bonds. The Labute approximate surface area is 301 Å². The maximum atomic E-state index is 13.5. The zero-order valence-corrected chi connectivity index (χ0v) is 30.3. The van der Waals surface area contributed by atoms with Crippen LogP contribution < -0.4 is 4.87 Å². The summed E-state index contributed by atoms with van der Waals surface area (Å²) in [6.07, 6.45) is 0.771. The molecule has 0 spiro atoms. The summed E-state index contributed by atoms with van der Waals surface area (Å²) in [5.74, 6) is -0.0615. The van der Waals surface area contributed by atoms with Crippen LogP contribution in [0.25, 0.3) is 10.2 Å². The lowest BCUT2D eigenvalue weighted by Crippen LogP contribution is -2.45. The predicted molar refractivity (Wildman–Crippen MR) is 196 cm³/mol. The van der Waals surface area contributed by atoms with E-state index in [9.17, 15) is 19.5 Å². The first-order valence-corrected chi connectivity index (χ1v) is 18.1. The highest BCUT2D eigenvalue weighted by atomic mass is 35.5. The number of likely N-dealkylation sites (N-methyl/N-ethyl adjacent to an activating group) is 1. The molecule has 0 aliphatic rings. The van der Waals surface area contributed by atoms with Crippen LogP contribution in [0.3, 0.4) is 0 Å². The van der Waals surface area contributed by atoms with E-state index in [4.69, 9.17) is 32.7 Å². The molecule has 10 nitrogen and oxygen atoms in total. The van der Waals surface area contributed by atoms with E-state index < -0.39 is 6.09 Å². The molecule has 0 bridgehead atoms. The molecule has 0 unspecified atom stereocenters. The molecule has 13 heteroatoms. The number of amides is 2. The second-order valence-corrected chi connectivity index (χ2v) is 13.3. The van der Waals surface area contributed by atoms with Gasteiger partial charge in [-0.25, -0.2) is 4.79 Å². The summed E-state index contributed by atoms with van der Waals surface area (Å²) in [6, 6.07) is 18.2. The number of rotatable bonds is 19. The van der Waals surface area contributed by atoms with Gasteiger partial charge in [-0.3, -0.25) is 9.59 Å². The molecule has 0 saturated carbocycles. The van der Waals surface area contributed by atoms with Crippen LogP contribution in [-0.4, -0.2) is 95.8 Å². The molecule has 2 N–H and O–H groups in total. The number of aromatic nitrogens is 1. The van der Waals surface area contributed by atoms with Gasteiger partial charge in [-0.15, -0.1) is 0 Å². The molecule has 4 aromatic rings. The van der Waals surface area contributed by atoms with Gasteiger partial charge in [-0.2, -0.15) is 0 Å². The highest BCUT2D eigenvalue weighted by molar-refractivity contribution is 7.16. The Hall–Kier alpha value is -3.61. The van der Waals surface area contributed by atoms with Crippen molar-refractivity contribution < 1.29 is 24.2 Å². The molecule has 1 aromatic heterocycles. The highest BCUT2D eigenvalue weighted by Crippen LogP contribution is 2.28. The number of hydrogen-bond donors (Lipinski definition) is 2. The SMILES string of the molecule is CCN(CC)CCN(CCN(CCc1ccc(O)c2[nH]c(=O)sc12)C(=O)OCc1ccccc1)C(=O)CCOCCc1ccc(Cl)c(Cl)c1. The molecule has 264 valence electrons. The Morgan fingerprint density at radius 1 is 0.837 bits per heavy atom. The van der Waals surface area contributed by atoms with Crippen molar-refractivity contribution in [3.05, 3.63) is 97.1 Å². The van der Waals surface area contributed by atoms with E-state index in [-0.39, 0.29) is 49.3 Å². The van der Waals surface area contributed by atoms with Gasteiger partial charge in [0, 0.05) is 32.7 Å². The molecular weight excluding hydrogens is 687 g/mol. The molecule has 1 heterocycles. The Bertz CT molecular complexity index is 1710. The summed E-state index contributed by atoms with van der Waals surface area (Å²) in [5, 5.41) is 11.2. The number of aromatic amines is 1. The lowest BCUT2D eigenvalue weighted by Gasteiger charge is -2.29. The third-order valence-electron chi connectivity index (χ3n) is 8.31. The molecule has 49 heavy (non-hydrogen) atoms. The van der Waals surface area contributed by atoms with Crippen molar-refractivity contribution in [3.63, 3.8) is 0 Å². The van der Waals surface area contributed by atoms with Gasteiger partial charge in [-0.1, -0.05) is 90.9 Å². The molecule has 0 fully saturated rings. The van der Waals surface area contributed by atoms with Gasteiger partial charge >= 0.3 is 11.0 Å². The van der Waals surface area contributed by atoms with Gasteiger partial charge in [0.15, 0.2) is 0 Å². The number of phenols is 1. The average molecular weight is 732 g/mol. The third-order valence-corrected chi connectivity index (χ3v) is 10.0. The first-order valence-electron chi connectivity index (χ1n) is 16.5. The van der Waals surface area contributed by atoms with Gasteiger partial charge in [0.25, 0.3) is 0 Å². The Balaban J connectivity index is 1.41. The van der Waals surface area contributed by atoms with Crippen LogP contribution >= 0.6 is 34.5 Å². The number of carbonyl (C=O) groups excluding carboxylic acids is 2. The van der Waals surface area contributed by atoms with Crippen molar-refractivity contribution in [1.29, 1.82) is 0 Å². The number of H-pyrrole nitrogens is 1. The smallest absolute Gasteiger partial charge is 0.410 e. The number of benzene rings is 3. The van der Waals surface area contributed by atoms with Crippen molar-refractivity contribution in [2.75, 3.05) is 59.0 Å². The maximum absolute atomic E-state index is 13.5. The Morgan fingerprint density at radius 3 is 2.31 bits per heavy atom. The van der Waals surface area contributed by atoms with Crippen molar-refractivity contribution in [2.45, 2.75) is 39.7 Å². The van der Waals surface area contributed by atoms with E-state index in [0.29, 0.717) is 59.3 Å². The van der Waals surface area contributed by atoms with Crippen LogP contribution in [0.4, 0.5) is 4.79 Å². The van der Waals surface area contributed by atoms with Crippen LogP contribution in [0.1, 0.15) is 37.0 Å². The molecule has 3 aromatic carbocycles. The first-order chi connectivity index (χ1) is 23.7. The lowest BCUT2D eigenvalue weighted by molar-refractivity contribution is -0.132. The number of thiazole rings is 1. The largest absolute Gasteiger partial charge is 0.506 e. The van der Waals surface area contributed by atoms with E-state index in [1.807, 2.05) is 42.5 Å². The topological polar surface area (TPSA) is 115 Å². The quantitative estimate of drug-likeness (QED) is 0.105. The fourth-order valence-electron chi connectivity index (χ4n) is 5.34. The van der Waals surface area contributed by atoms with Gasteiger partial charge < -0.3 is 34.3 Å². The van der Waals surface area contributed by atoms with E-state index in [2.05, 4.69) is 23.7 Å². The zero-order valence-electron chi connectivity index (χ0n) is 28.0. The number of halogens is 2. The third kappa shape index (κ3) is 11.8. The molecule has 4 rings (SSSR count).